The van der Waals surface area contributed by atoms with Gasteiger partial charge in [-0.25, -0.2) is 0 Å². The van der Waals surface area contributed by atoms with Crippen molar-refractivity contribution >= 4 is 11.6 Å². The highest BCUT2D eigenvalue weighted by Gasteiger charge is 2.26. The Hall–Kier alpha value is -1.95. The van der Waals surface area contributed by atoms with Crippen LogP contribution in [0.3, 0.4) is 0 Å². The van der Waals surface area contributed by atoms with Gasteiger partial charge in [0.25, 0.3) is 11.6 Å². The molecule has 1 saturated heterocycles. The summed E-state index contributed by atoms with van der Waals surface area (Å²) in [6, 6.07) is 4.81. The van der Waals surface area contributed by atoms with Crippen LogP contribution < -0.4 is 0 Å². The Morgan fingerprint density at radius 1 is 1.48 bits per heavy atom. The van der Waals surface area contributed by atoms with Crippen molar-refractivity contribution in [2.24, 2.45) is 5.92 Å². The molecule has 0 radical (unpaired) electrons. The molecule has 1 heterocycles. The molecule has 1 amide bonds. The summed E-state index contributed by atoms with van der Waals surface area (Å²) >= 11 is 0. The first-order chi connectivity index (χ1) is 10.9. The van der Waals surface area contributed by atoms with Crippen LogP contribution >= 0.6 is 0 Å². The number of ether oxygens (including phenoxy) is 1. The average molecular weight is 320 g/mol. The Bertz CT molecular complexity index is 584. The third-order valence-electron chi connectivity index (χ3n) is 4.30. The van der Waals surface area contributed by atoms with Crippen molar-refractivity contribution in [3.8, 4) is 0 Å². The molecule has 23 heavy (non-hydrogen) atoms. The second kappa shape index (κ2) is 7.55. The molecule has 6 heteroatoms. The summed E-state index contributed by atoms with van der Waals surface area (Å²) < 4.78 is 5.18. The SMILES string of the molecule is COC[C@@H]1CCCN(C(=O)c2ccc(C(C)C)c([N+](=O)[O-])c2)C1. The van der Waals surface area contributed by atoms with E-state index in [4.69, 9.17) is 4.74 Å². The standard InChI is InChI=1S/C17H24N2O4/c1-12(2)15-7-6-14(9-16(15)19(21)22)17(20)18-8-4-5-13(10-18)11-23-3/h6-7,9,12-13H,4-5,8,10-11H2,1-3H3/t13-/m1/s1. The largest absolute Gasteiger partial charge is 0.384 e. The van der Waals surface area contributed by atoms with Gasteiger partial charge in [-0.15, -0.1) is 0 Å². The number of methoxy groups -OCH3 is 1. The second-order valence-corrected chi connectivity index (χ2v) is 6.40. The maximum atomic E-state index is 12.7. The van der Waals surface area contributed by atoms with Crippen LogP contribution in [0.1, 0.15) is 48.5 Å². The first-order valence-electron chi connectivity index (χ1n) is 8.00. The zero-order valence-corrected chi connectivity index (χ0v) is 13.9. The van der Waals surface area contributed by atoms with Crippen LogP contribution in [0, 0.1) is 16.0 Å². The van der Waals surface area contributed by atoms with Crippen LogP contribution in [0.15, 0.2) is 18.2 Å². The first-order valence-corrected chi connectivity index (χ1v) is 8.00. The molecule has 2 rings (SSSR count). The van der Waals surface area contributed by atoms with Crippen molar-refractivity contribution in [3.05, 3.63) is 39.4 Å². The van der Waals surface area contributed by atoms with Crippen LogP contribution in [0.5, 0.6) is 0 Å². The number of benzene rings is 1. The predicted molar refractivity (Wildman–Crippen MR) is 87.7 cm³/mol. The summed E-state index contributed by atoms with van der Waals surface area (Å²) in [7, 11) is 1.66. The summed E-state index contributed by atoms with van der Waals surface area (Å²) in [5.41, 5.74) is 1.07. The number of carbonyl (C=O) groups is 1. The molecule has 6 nitrogen and oxygen atoms in total. The molecule has 1 aliphatic heterocycles. The van der Waals surface area contributed by atoms with Crippen molar-refractivity contribution in [1.82, 2.24) is 4.90 Å². The van der Waals surface area contributed by atoms with E-state index < -0.39 is 4.92 Å². The van der Waals surface area contributed by atoms with E-state index in [1.54, 1.807) is 24.1 Å². The van der Waals surface area contributed by atoms with Gasteiger partial charge in [0.1, 0.15) is 0 Å². The summed E-state index contributed by atoms with van der Waals surface area (Å²) in [5, 5.41) is 11.3. The fraction of sp³-hybridized carbons (Fsp3) is 0.588. The number of likely N-dealkylation sites (tertiary alicyclic amines) is 1. The third-order valence-corrected chi connectivity index (χ3v) is 4.30. The monoisotopic (exact) mass is 320 g/mol. The molecular weight excluding hydrogens is 296 g/mol. The highest BCUT2D eigenvalue weighted by molar-refractivity contribution is 5.95. The van der Waals surface area contributed by atoms with Gasteiger partial charge in [-0.3, -0.25) is 14.9 Å². The van der Waals surface area contributed by atoms with E-state index in [-0.39, 0.29) is 17.5 Å². The zero-order valence-electron chi connectivity index (χ0n) is 13.9. The lowest BCUT2D eigenvalue weighted by molar-refractivity contribution is -0.385. The van der Waals surface area contributed by atoms with Crippen LogP contribution in [-0.4, -0.2) is 42.5 Å². The van der Waals surface area contributed by atoms with Gasteiger partial charge in [-0.05, 0) is 30.7 Å². The lowest BCUT2D eigenvalue weighted by atomic mass is 9.96. The number of rotatable bonds is 5. The number of carbonyl (C=O) groups excluding carboxylic acids is 1. The number of hydrogen-bond donors (Lipinski definition) is 0. The van der Waals surface area contributed by atoms with E-state index in [9.17, 15) is 14.9 Å². The second-order valence-electron chi connectivity index (χ2n) is 6.40. The molecule has 1 aromatic carbocycles. The smallest absolute Gasteiger partial charge is 0.273 e. The summed E-state index contributed by atoms with van der Waals surface area (Å²) in [4.78, 5) is 25.3. The van der Waals surface area contributed by atoms with Gasteiger partial charge < -0.3 is 9.64 Å². The number of hydrogen-bond acceptors (Lipinski definition) is 4. The van der Waals surface area contributed by atoms with Gasteiger partial charge in [-0.2, -0.15) is 0 Å². The molecule has 1 atom stereocenters. The number of piperidine rings is 1. The molecule has 0 N–H and O–H groups in total. The fourth-order valence-electron chi connectivity index (χ4n) is 3.13. The Labute approximate surface area is 136 Å². The first kappa shape index (κ1) is 17.4. The number of amides is 1. The van der Waals surface area contributed by atoms with Crippen LogP contribution in [0.25, 0.3) is 0 Å². The van der Waals surface area contributed by atoms with E-state index in [1.807, 2.05) is 13.8 Å². The molecule has 0 aliphatic carbocycles. The summed E-state index contributed by atoms with van der Waals surface area (Å²) in [5.74, 6) is 0.243. The Balaban J connectivity index is 2.22. The number of nitro benzene ring substituents is 1. The van der Waals surface area contributed by atoms with E-state index in [0.717, 1.165) is 12.8 Å². The minimum absolute atomic E-state index is 0.0244. The molecule has 126 valence electrons. The van der Waals surface area contributed by atoms with E-state index in [1.165, 1.54) is 6.07 Å². The average Bonchev–Trinajstić information content (AvgIpc) is 2.54. The molecule has 1 aromatic rings. The summed E-state index contributed by atoms with van der Waals surface area (Å²) in [6.07, 6.45) is 1.98. The molecule has 0 spiro atoms. The third kappa shape index (κ3) is 4.07. The van der Waals surface area contributed by atoms with E-state index >= 15 is 0 Å². The molecule has 0 saturated carbocycles. The quantitative estimate of drug-likeness (QED) is 0.617. The fourth-order valence-corrected chi connectivity index (χ4v) is 3.13. The van der Waals surface area contributed by atoms with Crippen molar-refractivity contribution in [1.29, 1.82) is 0 Å². The van der Waals surface area contributed by atoms with Crippen molar-refractivity contribution in [3.63, 3.8) is 0 Å². The van der Waals surface area contributed by atoms with Crippen molar-refractivity contribution < 1.29 is 14.5 Å². The van der Waals surface area contributed by atoms with Gasteiger partial charge in [0, 0.05) is 37.4 Å². The molecule has 0 bridgehead atoms. The minimum atomic E-state index is -0.407. The maximum Gasteiger partial charge on any atom is 0.273 e. The van der Waals surface area contributed by atoms with Gasteiger partial charge in [0.05, 0.1) is 11.5 Å². The zero-order chi connectivity index (χ0) is 17.0. The molecular formula is C17H24N2O4. The minimum Gasteiger partial charge on any atom is -0.384 e. The van der Waals surface area contributed by atoms with Gasteiger partial charge >= 0.3 is 0 Å². The lowest BCUT2D eigenvalue weighted by Gasteiger charge is -2.32. The van der Waals surface area contributed by atoms with Gasteiger partial charge in [0.15, 0.2) is 0 Å². The Morgan fingerprint density at radius 2 is 2.22 bits per heavy atom. The van der Waals surface area contributed by atoms with Crippen LogP contribution in [-0.2, 0) is 4.74 Å². The molecule has 1 aliphatic rings. The van der Waals surface area contributed by atoms with Crippen LogP contribution in [0.2, 0.25) is 0 Å². The lowest BCUT2D eigenvalue weighted by Crippen LogP contribution is -2.41. The van der Waals surface area contributed by atoms with Gasteiger partial charge in [0.2, 0.25) is 0 Å². The van der Waals surface area contributed by atoms with E-state index in [0.29, 0.717) is 36.7 Å². The summed E-state index contributed by atoms with van der Waals surface area (Å²) in [6.45, 7) is 5.79. The molecule has 0 aromatic heterocycles. The molecule has 1 fully saturated rings. The highest BCUT2D eigenvalue weighted by atomic mass is 16.6. The topological polar surface area (TPSA) is 72.7 Å². The highest BCUT2D eigenvalue weighted by Crippen LogP contribution is 2.28. The predicted octanol–water partition coefficient (Wildman–Crippen LogP) is 3.22. The van der Waals surface area contributed by atoms with E-state index in [2.05, 4.69) is 0 Å². The van der Waals surface area contributed by atoms with Crippen molar-refractivity contribution in [2.75, 3.05) is 26.8 Å². The number of nitro groups is 1. The normalized spacial score (nSPS) is 18.3. The van der Waals surface area contributed by atoms with Gasteiger partial charge in [-0.1, -0.05) is 19.9 Å². The van der Waals surface area contributed by atoms with Crippen LogP contribution in [0.4, 0.5) is 5.69 Å². The Kier molecular flexibility index (Phi) is 5.71. The number of nitrogens with zero attached hydrogens (tertiary/aromatic N) is 2. The maximum absolute atomic E-state index is 12.7. The molecule has 0 unspecified atom stereocenters. The Morgan fingerprint density at radius 3 is 2.83 bits per heavy atom. The van der Waals surface area contributed by atoms with Crippen molar-refractivity contribution in [2.45, 2.75) is 32.6 Å².